The highest BCUT2D eigenvalue weighted by Gasteiger charge is 2.17. The SMILES string of the molecule is COc1ccc(OCCCC(=O)Nc2c(C)n(C)n(-c3ccccc3)c2=O)cc1. The molecule has 0 fully saturated rings. The number of nitrogens with one attached hydrogen (secondary N) is 1. The molecule has 3 aromatic rings. The van der Waals surface area contributed by atoms with Crippen molar-refractivity contribution in [3.05, 3.63) is 70.6 Å². The van der Waals surface area contributed by atoms with Crippen LogP contribution >= 0.6 is 0 Å². The number of rotatable bonds is 8. The molecule has 0 aliphatic heterocycles. The van der Waals surface area contributed by atoms with Crippen LogP contribution in [-0.2, 0) is 11.8 Å². The zero-order valence-corrected chi connectivity index (χ0v) is 16.8. The third-order valence-electron chi connectivity index (χ3n) is 4.69. The fourth-order valence-corrected chi connectivity index (χ4v) is 3.01. The first kappa shape index (κ1) is 20.3. The molecule has 0 aliphatic carbocycles. The van der Waals surface area contributed by atoms with Crippen molar-refractivity contribution in [1.29, 1.82) is 0 Å². The molecule has 0 radical (unpaired) electrons. The first-order chi connectivity index (χ1) is 14.0. The van der Waals surface area contributed by atoms with Gasteiger partial charge in [0, 0.05) is 13.5 Å². The monoisotopic (exact) mass is 395 g/mol. The second-order valence-electron chi connectivity index (χ2n) is 6.61. The summed E-state index contributed by atoms with van der Waals surface area (Å²) in [5.41, 5.74) is 1.50. The molecule has 0 spiro atoms. The Hall–Kier alpha value is -3.48. The molecule has 2 aromatic carbocycles. The van der Waals surface area contributed by atoms with Crippen molar-refractivity contribution in [1.82, 2.24) is 9.36 Å². The van der Waals surface area contributed by atoms with Crippen molar-refractivity contribution in [2.75, 3.05) is 19.0 Å². The number of anilines is 1. The number of carbonyl (C=O) groups is 1. The summed E-state index contributed by atoms with van der Waals surface area (Å²) in [6, 6.07) is 16.6. The van der Waals surface area contributed by atoms with Crippen LogP contribution in [0.15, 0.2) is 59.4 Å². The van der Waals surface area contributed by atoms with Crippen LogP contribution in [0.1, 0.15) is 18.5 Å². The summed E-state index contributed by atoms with van der Waals surface area (Å²) in [5, 5.41) is 2.76. The number of aromatic nitrogens is 2. The van der Waals surface area contributed by atoms with E-state index in [4.69, 9.17) is 9.47 Å². The normalized spacial score (nSPS) is 10.6. The molecule has 0 aliphatic rings. The van der Waals surface area contributed by atoms with Gasteiger partial charge in [-0.05, 0) is 49.7 Å². The van der Waals surface area contributed by atoms with Gasteiger partial charge in [0.2, 0.25) is 5.91 Å². The first-order valence-corrected chi connectivity index (χ1v) is 9.42. The Morgan fingerprint density at radius 3 is 2.34 bits per heavy atom. The van der Waals surface area contributed by atoms with Crippen LogP contribution in [0.5, 0.6) is 11.5 Å². The van der Waals surface area contributed by atoms with E-state index < -0.39 is 0 Å². The highest BCUT2D eigenvalue weighted by Crippen LogP contribution is 2.17. The van der Waals surface area contributed by atoms with Crippen LogP contribution < -0.4 is 20.3 Å². The molecule has 0 saturated heterocycles. The van der Waals surface area contributed by atoms with Gasteiger partial charge in [-0.1, -0.05) is 18.2 Å². The number of methoxy groups -OCH3 is 1. The lowest BCUT2D eigenvalue weighted by Crippen LogP contribution is -2.23. The Morgan fingerprint density at radius 2 is 1.69 bits per heavy atom. The molecule has 7 nitrogen and oxygen atoms in total. The molecular formula is C22H25N3O4. The molecule has 1 amide bonds. The predicted molar refractivity (Wildman–Crippen MR) is 112 cm³/mol. The first-order valence-electron chi connectivity index (χ1n) is 9.42. The van der Waals surface area contributed by atoms with Crippen LogP contribution in [0, 0.1) is 6.92 Å². The lowest BCUT2D eigenvalue weighted by atomic mass is 10.3. The summed E-state index contributed by atoms with van der Waals surface area (Å²) in [5.74, 6) is 1.27. The number of hydrogen-bond donors (Lipinski definition) is 1. The van der Waals surface area contributed by atoms with Crippen molar-refractivity contribution in [2.45, 2.75) is 19.8 Å². The molecular weight excluding hydrogens is 370 g/mol. The van der Waals surface area contributed by atoms with E-state index in [1.807, 2.05) is 61.5 Å². The van der Waals surface area contributed by atoms with Crippen LogP contribution in [0.25, 0.3) is 5.69 Å². The number of amides is 1. The van der Waals surface area contributed by atoms with Gasteiger partial charge in [0.25, 0.3) is 5.56 Å². The van der Waals surface area contributed by atoms with Gasteiger partial charge in [0.1, 0.15) is 17.2 Å². The maximum absolute atomic E-state index is 12.8. The molecule has 0 saturated carbocycles. The third kappa shape index (κ3) is 4.68. The van der Waals surface area contributed by atoms with E-state index >= 15 is 0 Å². The zero-order chi connectivity index (χ0) is 20.8. The zero-order valence-electron chi connectivity index (χ0n) is 16.8. The van der Waals surface area contributed by atoms with E-state index in [1.54, 1.807) is 18.8 Å². The topological polar surface area (TPSA) is 74.5 Å². The van der Waals surface area contributed by atoms with Gasteiger partial charge in [-0.2, -0.15) is 0 Å². The van der Waals surface area contributed by atoms with Crippen LogP contribution in [-0.4, -0.2) is 29.0 Å². The van der Waals surface area contributed by atoms with E-state index in [2.05, 4.69) is 5.32 Å². The number of ether oxygens (including phenoxy) is 2. The summed E-state index contributed by atoms with van der Waals surface area (Å²) in [6.45, 7) is 2.21. The molecule has 1 aromatic heterocycles. The summed E-state index contributed by atoms with van der Waals surface area (Å²) < 4.78 is 14.0. The highest BCUT2D eigenvalue weighted by atomic mass is 16.5. The molecule has 0 atom stereocenters. The molecule has 1 N–H and O–H groups in total. The number of para-hydroxylation sites is 1. The Balaban J connectivity index is 1.57. The Kier molecular flexibility index (Phi) is 6.39. The minimum absolute atomic E-state index is 0.214. The van der Waals surface area contributed by atoms with Gasteiger partial charge >= 0.3 is 0 Å². The quantitative estimate of drug-likeness (QED) is 0.594. The Labute approximate surface area is 169 Å². The minimum Gasteiger partial charge on any atom is -0.497 e. The van der Waals surface area contributed by atoms with E-state index in [0.717, 1.165) is 17.2 Å². The molecule has 0 unspecified atom stereocenters. The average molecular weight is 395 g/mol. The van der Waals surface area contributed by atoms with Gasteiger partial charge in [0.15, 0.2) is 0 Å². The fraction of sp³-hybridized carbons (Fsp3) is 0.273. The predicted octanol–water partition coefficient (Wildman–Crippen LogP) is 3.29. The minimum atomic E-state index is -0.251. The average Bonchev–Trinajstić information content (AvgIpc) is 2.95. The van der Waals surface area contributed by atoms with Gasteiger partial charge in [-0.15, -0.1) is 0 Å². The second-order valence-corrected chi connectivity index (χ2v) is 6.61. The number of hydrogen-bond acceptors (Lipinski definition) is 4. The number of carbonyl (C=O) groups excluding carboxylic acids is 1. The van der Waals surface area contributed by atoms with Crippen molar-refractivity contribution < 1.29 is 14.3 Å². The van der Waals surface area contributed by atoms with Crippen molar-refractivity contribution in [2.24, 2.45) is 7.05 Å². The van der Waals surface area contributed by atoms with Crippen molar-refractivity contribution in [3.63, 3.8) is 0 Å². The summed E-state index contributed by atoms with van der Waals surface area (Å²) in [6.07, 6.45) is 0.798. The van der Waals surface area contributed by atoms with Gasteiger partial charge in [-0.25, -0.2) is 4.68 Å². The Bertz CT molecular complexity index is 1020. The van der Waals surface area contributed by atoms with Crippen LogP contribution in [0.3, 0.4) is 0 Å². The van der Waals surface area contributed by atoms with Crippen LogP contribution in [0.2, 0.25) is 0 Å². The fourth-order valence-electron chi connectivity index (χ4n) is 3.01. The highest BCUT2D eigenvalue weighted by molar-refractivity contribution is 5.91. The maximum Gasteiger partial charge on any atom is 0.295 e. The van der Waals surface area contributed by atoms with E-state index in [9.17, 15) is 9.59 Å². The maximum atomic E-state index is 12.8. The largest absolute Gasteiger partial charge is 0.497 e. The van der Waals surface area contributed by atoms with Crippen molar-refractivity contribution in [3.8, 4) is 17.2 Å². The molecule has 7 heteroatoms. The van der Waals surface area contributed by atoms with Gasteiger partial charge in [0.05, 0.1) is 25.1 Å². The summed E-state index contributed by atoms with van der Waals surface area (Å²) in [4.78, 5) is 25.1. The lowest BCUT2D eigenvalue weighted by Gasteiger charge is -2.07. The van der Waals surface area contributed by atoms with E-state index in [0.29, 0.717) is 24.4 Å². The Morgan fingerprint density at radius 1 is 1.03 bits per heavy atom. The number of benzene rings is 2. The number of nitrogens with zero attached hydrogens (tertiary/aromatic N) is 2. The standard InChI is InChI=1S/C22H25N3O4/c1-16-21(22(27)25(24(16)2)17-8-5-4-6-9-17)23-20(26)10-7-15-29-19-13-11-18(28-3)12-14-19/h4-6,8-9,11-14H,7,10,15H2,1-3H3,(H,23,26). The second kappa shape index (κ2) is 9.14. The van der Waals surface area contributed by atoms with E-state index in [-0.39, 0.29) is 17.9 Å². The van der Waals surface area contributed by atoms with Crippen LogP contribution in [0.4, 0.5) is 5.69 Å². The molecule has 3 rings (SSSR count). The molecule has 152 valence electrons. The smallest absolute Gasteiger partial charge is 0.295 e. The van der Waals surface area contributed by atoms with Gasteiger partial charge < -0.3 is 14.8 Å². The van der Waals surface area contributed by atoms with Crippen molar-refractivity contribution >= 4 is 11.6 Å². The molecule has 29 heavy (non-hydrogen) atoms. The third-order valence-corrected chi connectivity index (χ3v) is 4.69. The lowest BCUT2D eigenvalue weighted by molar-refractivity contribution is -0.116. The summed E-state index contributed by atoms with van der Waals surface area (Å²) >= 11 is 0. The molecule has 1 heterocycles. The van der Waals surface area contributed by atoms with Gasteiger partial charge in [-0.3, -0.25) is 14.3 Å². The summed E-state index contributed by atoms with van der Waals surface area (Å²) in [7, 11) is 3.40. The molecule has 0 bridgehead atoms. The van der Waals surface area contributed by atoms with E-state index in [1.165, 1.54) is 4.68 Å².